The van der Waals surface area contributed by atoms with Crippen molar-refractivity contribution in [3.63, 3.8) is 0 Å². The fourth-order valence-corrected chi connectivity index (χ4v) is 2.74. The Labute approximate surface area is 90.8 Å². The van der Waals surface area contributed by atoms with Crippen LogP contribution in [-0.2, 0) is 9.53 Å². The van der Waals surface area contributed by atoms with E-state index in [4.69, 9.17) is 4.74 Å². The zero-order chi connectivity index (χ0) is 10.7. The monoisotopic (exact) mass is 209 g/mol. The van der Waals surface area contributed by atoms with Crippen molar-refractivity contribution in [3.05, 3.63) is 0 Å². The molecule has 0 bridgehead atoms. The van der Waals surface area contributed by atoms with Crippen LogP contribution in [-0.4, -0.2) is 36.1 Å². The SMILES string of the molecule is C[C@H]1C[C@]1(C)C(=O)N1CCC2(CC1)CO2. The van der Waals surface area contributed by atoms with Crippen LogP contribution in [0.4, 0.5) is 0 Å². The number of hydrogen-bond acceptors (Lipinski definition) is 2. The summed E-state index contributed by atoms with van der Waals surface area (Å²) >= 11 is 0. The first-order chi connectivity index (χ1) is 7.06. The van der Waals surface area contributed by atoms with Crippen molar-refractivity contribution in [1.82, 2.24) is 4.90 Å². The summed E-state index contributed by atoms with van der Waals surface area (Å²) in [6, 6.07) is 0. The Kier molecular flexibility index (Phi) is 1.77. The maximum Gasteiger partial charge on any atom is 0.228 e. The maximum absolute atomic E-state index is 12.2. The minimum atomic E-state index is -0.0328. The van der Waals surface area contributed by atoms with Gasteiger partial charge in [-0.3, -0.25) is 4.79 Å². The summed E-state index contributed by atoms with van der Waals surface area (Å²) in [5, 5.41) is 0. The van der Waals surface area contributed by atoms with Crippen molar-refractivity contribution >= 4 is 5.91 Å². The van der Waals surface area contributed by atoms with Gasteiger partial charge in [-0.25, -0.2) is 0 Å². The predicted octanol–water partition coefficient (Wildman–Crippen LogP) is 1.42. The first-order valence-corrected chi connectivity index (χ1v) is 5.99. The quantitative estimate of drug-likeness (QED) is 0.612. The number of ether oxygens (including phenoxy) is 1. The highest BCUT2D eigenvalue weighted by molar-refractivity contribution is 5.85. The second kappa shape index (κ2) is 2.76. The molecular weight excluding hydrogens is 190 g/mol. The van der Waals surface area contributed by atoms with Crippen LogP contribution in [0.1, 0.15) is 33.1 Å². The lowest BCUT2D eigenvalue weighted by Crippen LogP contribution is -2.44. The van der Waals surface area contributed by atoms with Gasteiger partial charge in [0, 0.05) is 18.5 Å². The van der Waals surface area contributed by atoms with Gasteiger partial charge in [0.2, 0.25) is 5.91 Å². The smallest absolute Gasteiger partial charge is 0.228 e. The molecule has 2 heterocycles. The largest absolute Gasteiger partial charge is 0.369 e. The molecule has 0 aromatic heterocycles. The Hall–Kier alpha value is -0.570. The molecule has 1 spiro atoms. The molecule has 1 amide bonds. The molecule has 2 atom stereocenters. The highest BCUT2D eigenvalue weighted by atomic mass is 16.6. The number of carbonyl (C=O) groups excluding carboxylic acids is 1. The van der Waals surface area contributed by atoms with Crippen molar-refractivity contribution in [1.29, 1.82) is 0 Å². The summed E-state index contributed by atoms with van der Waals surface area (Å²) in [6.07, 6.45) is 3.16. The minimum absolute atomic E-state index is 0.0328. The molecular formula is C12H19NO2. The second-order valence-corrected chi connectivity index (χ2v) is 5.79. The third-order valence-electron chi connectivity index (χ3n) is 4.66. The van der Waals surface area contributed by atoms with Crippen LogP contribution in [0.5, 0.6) is 0 Å². The number of carbonyl (C=O) groups is 1. The molecule has 1 saturated carbocycles. The summed E-state index contributed by atoms with van der Waals surface area (Å²) in [5.41, 5.74) is 0.155. The number of piperidine rings is 1. The first kappa shape index (κ1) is 9.64. The molecule has 2 aliphatic heterocycles. The number of nitrogens with zero attached hydrogens (tertiary/aromatic N) is 1. The molecule has 0 aromatic carbocycles. The third-order valence-corrected chi connectivity index (χ3v) is 4.66. The number of epoxide rings is 1. The lowest BCUT2D eigenvalue weighted by atomic mass is 9.95. The maximum atomic E-state index is 12.2. The molecule has 3 fully saturated rings. The minimum Gasteiger partial charge on any atom is -0.369 e. The zero-order valence-electron chi connectivity index (χ0n) is 9.58. The molecule has 3 heteroatoms. The molecule has 0 unspecified atom stereocenters. The summed E-state index contributed by atoms with van der Waals surface area (Å²) in [6.45, 7) is 7.01. The van der Waals surface area contributed by atoms with Gasteiger partial charge >= 0.3 is 0 Å². The Bertz CT molecular complexity index is 301. The van der Waals surface area contributed by atoms with Crippen molar-refractivity contribution in [2.24, 2.45) is 11.3 Å². The third kappa shape index (κ3) is 1.40. The summed E-state index contributed by atoms with van der Waals surface area (Å²) in [5.74, 6) is 0.962. The number of likely N-dealkylation sites (tertiary alicyclic amines) is 1. The summed E-state index contributed by atoms with van der Waals surface area (Å²) in [7, 11) is 0. The molecule has 0 radical (unpaired) electrons. The van der Waals surface area contributed by atoms with Crippen LogP contribution in [0.15, 0.2) is 0 Å². The van der Waals surface area contributed by atoms with E-state index in [2.05, 4.69) is 18.7 Å². The van der Waals surface area contributed by atoms with E-state index in [-0.39, 0.29) is 11.0 Å². The van der Waals surface area contributed by atoms with E-state index < -0.39 is 0 Å². The molecule has 2 saturated heterocycles. The van der Waals surface area contributed by atoms with Crippen LogP contribution in [0.2, 0.25) is 0 Å². The van der Waals surface area contributed by atoms with Gasteiger partial charge in [0.25, 0.3) is 0 Å². The zero-order valence-corrected chi connectivity index (χ0v) is 9.58. The molecule has 0 N–H and O–H groups in total. The molecule has 84 valence electrons. The lowest BCUT2D eigenvalue weighted by molar-refractivity contribution is -0.138. The Balaban J connectivity index is 1.62. The number of amides is 1. The standard InChI is InChI=1S/C12H19NO2/c1-9-7-11(9,2)10(14)13-5-3-12(4-6-13)8-15-12/h9H,3-8H2,1-2H3/t9-,11-/m0/s1. The van der Waals surface area contributed by atoms with Crippen molar-refractivity contribution < 1.29 is 9.53 Å². The van der Waals surface area contributed by atoms with Gasteiger partial charge in [-0.15, -0.1) is 0 Å². The molecule has 3 rings (SSSR count). The van der Waals surface area contributed by atoms with Gasteiger partial charge in [0.15, 0.2) is 0 Å². The van der Waals surface area contributed by atoms with Gasteiger partial charge in [0.05, 0.1) is 12.2 Å². The van der Waals surface area contributed by atoms with E-state index in [1.807, 2.05) is 0 Å². The summed E-state index contributed by atoms with van der Waals surface area (Å²) in [4.78, 5) is 14.3. The molecule has 3 aliphatic rings. The van der Waals surface area contributed by atoms with E-state index in [0.29, 0.717) is 11.8 Å². The normalized spacial score (nSPS) is 41.7. The van der Waals surface area contributed by atoms with Gasteiger partial charge < -0.3 is 9.64 Å². The second-order valence-electron chi connectivity index (χ2n) is 5.79. The van der Waals surface area contributed by atoms with E-state index >= 15 is 0 Å². The van der Waals surface area contributed by atoms with Crippen molar-refractivity contribution in [2.45, 2.75) is 38.7 Å². The Morgan fingerprint density at radius 3 is 2.33 bits per heavy atom. The Morgan fingerprint density at radius 1 is 1.40 bits per heavy atom. The number of hydrogen-bond donors (Lipinski definition) is 0. The molecule has 15 heavy (non-hydrogen) atoms. The Morgan fingerprint density at radius 2 is 1.93 bits per heavy atom. The average molecular weight is 209 g/mol. The predicted molar refractivity (Wildman–Crippen MR) is 56.4 cm³/mol. The van der Waals surface area contributed by atoms with Crippen LogP contribution < -0.4 is 0 Å². The molecule has 1 aliphatic carbocycles. The van der Waals surface area contributed by atoms with Crippen molar-refractivity contribution in [3.8, 4) is 0 Å². The van der Waals surface area contributed by atoms with E-state index in [1.165, 1.54) is 0 Å². The average Bonchev–Trinajstić information content (AvgIpc) is 3.10. The molecule has 3 nitrogen and oxygen atoms in total. The van der Waals surface area contributed by atoms with Crippen molar-refractivity contribution in [2.75, 3.05) is 19.7 Å². The van der Waals surface area contributed by atoms with Crippen LogP contribution in [0, 0.1) is 11.3 Å². The highest BCUT2D eigenvalue weighted by Gasteiger charge is 2.56. The van der Waals surface area contributed by atoms with Gasteiger partial charge in [-0.2, -0.15) is 0 Å². The summed E-state index contributed by atoms with van der Waals surface area (Å²) < 4.78 is 5.45. The van der Waals surface area contributed by atoms with Gasteiger partial charge in [-0.1, -0.05) is 13.8 Å². The van der Waals surface area contributed by atoms with E-state index in [9.17, 15) is 4.79 Å². The van der Waals surface area contributed by atoms with Crippen LogP contribution in [0.3, 0.4) is 0 Å². The fourth-order valence-electron chi connectivity index (χ4n) is 2.74. The topological polar surface area (TPSA) is 32.8 Å². The lowest BCUT2D eigenvalue weighted by Gasteiger charge is -2.32. The highest BCUT2D eigenvalue weighted by Crippen LogP contribution is 2.53. The van der Waals surface area contributed by atoms with Gasteiger partial charge in [-0.05, 0) is 25.2 Å². The fraction of sp³-hybridized carbons (Fsp3) is 0.917. The van der Waals surface area contributed by atoms with E-state index in [0.717, 1.165) is 39.0 Å². The first-order valence-electron chi connectivity index (χ1n) is 5.99. The molecule has 0 aromatic rings. The van der Waals surface area contributed by atoms with Crippen LogP contribution in [0.25, 0.3) is 0 Å². The van der Waals surface area contributed by atoms with Gasteiger partial charge in [0.1, 0.15) is 0 Å². The van der Waals surface area contributed by atoms with Crippen LogP contribution >= 0.6 is 0 Å². The van der Waals surface area contributed by atoms with E-state index in [1.54, 1.807) is 0 Å². The number of rotatable bonds is 1.